The van der Waals surface area contributed by atoms with Gasteiger partial charge >= 0.3 is 0 Å². The first-order valence-electron chi connectivity index (χ1n) is 6.74. The van der Waals surface area contributed by atoms with Gasteiger partial charge in [0.05, 0.1) is 19.4 Å². The summed E-state index contributed by atoms with van der Waals surface area (Å²) in [6, 6.07) is 7.01. The van der Waals surface area contributed by atoms with Crippen molar-refractivity contribution in [2.45, 2.75) is 0 Å². The molecule has 1 aromatic carbocycles. The molecule has 0 aliphatic carbocycles. The molecule has 2 heterocycles. The number of aromatic nitrogens is 2. The van der Waals surface area contributed by atoms with Gasteiger partial charge in [-0.1, -0.05) is 0 Å². The normalized spacial score (nSPS) is 14.8. The lowest BCUT2D eigenvalue weighted by Crippen LogP contribution is -2.40. The fourth-order valence-electron chi connectivity index (χ4n) is 2.07. The van der Waals surface area contributed by atoms with Gasteiger partial charge in [-0.2, -0.15) is 0 Å². The van der Waals surface area contributed by atoms with Crippen LogP contribution in [0.25, 0.3) is 0 Å². The molecule has 0 radical (unpaired) electrons. The minimum Gasteiger partial charge on any atom is -0.438 e. The number of hydrogen-bond donors (Lipinski definition) is 0. The molecule has 0 N–H and O–H groups in total. The zero-order chi connectivity index (χ0) is 14.5. The highest BCUT2D eigenvalue weighted by Gasteiger charge is 2.18. The van der Waals surface area contributed by atoms with Gasteiger partial charge < -0.3 is 14.4 Å². The van der Waals surface area contributed by atoms with E-state index in [1.807, 2.05) is 0 Å². The molecular formula is C15H15N3O3. The Kier molecular flexibility index (Phi) is 4.07. The Morgan fingerprint density at radius 1 is 1.14 bits per heavy atom. The number of ether oxygens (including phenoxy) is 2. The van der Waals surface area contributed by atoms with Crippen molar-refractivity contribution in [2.75, 3.05) is 26.3 Å². The van der Waals surface area contributed by atoms with Crippen molar-refractivity contribution in [3.8, 4) is 11.6 Å². The summed E-state index contributed by atoms with van der Waals surface area (Å²) in [4.78, 5) is 22.0. The van der Waals surface area contributed by atoms with Crippen LogP contribution in [0.5, 0.6) is 11.6 Å². The van der Waals surface area contributed by atoms with E-state index in [9.17, 15) is 4.79 Å². The minimum atomic E-state index is 0.0179. The lowest BCUT2D eigenvalue weighted by molar-refractivity contribution is 0.0303. The molecule has 21 heavy (non-hydrogen) atoms. The van der Waals surface area contributed by atoms with Crippen LogP contribution in [0.2, 0.25) is 0 Å². The van der Waals surface area contributed by atoms with E-state index in [-0.39, 0.29) is 5.91 Å². The smallest absolute Gasteiger partial charge is 0.254 e. The number of hydrogen-bond acceptors (Lipinski definition) is 5. The van der Waals surface area contributed by atoms with Crippen molar-refractivity contribution in [1.29, 1.82) is 0 Å². The van der Waals surface area contributed by atoms with Crippen molar-refractivity contribution >= 4 is 5.91 Å². The number of carbonyl (C=O) groups is 1. The fraction of sp³-hybridized carbons (Fsp3) is 0.267. The second-order valence-corrected chi connectivity index (χ2v) is 4.57. The Balaban J connectivity index is 1.67. The summed E-state index contributed by atoms with van der Waals surface area (Å²) in [5.74, 6) is 1.06. The maximum atomic E-state index is 12.3. The molecule has 1 aromatic heterocycles. The largest absolute Gasteiger partial charge is 0.438 e. The van der Waals surface area contributed by atoms with E-state index >= 15 is 0 Å². The lowest BCUT2D eigenvalue weighted by atomic mass is 10.2. The zero-order valence-electron chi connectivity index (χ0n) is 11.4. The first kappa shape index (κ1) is 13.5. The predicted octanol–water partition coefficient (Wildman–Crippen LogP) is 1.74. The molecule has 0 saturated carbocycles. The van der Waals surface area contributed by atoms with Crippen LogP contribution < -0.4 is 4.74 Å². The zero-order valence-corrected chi connectivity index (χ0v) is 11.4. The number of morpholine rings is 1. The molecule has 0 atom stereocenters. The van der Waals surface area contributed by atoms with Crippen LogP contribution in [0.1, 0.15) is 10.4 Å². The van der Waals surface area contributed by atoms with Gasteiger partial charge in [0.2, 0.25) is 5.88 Å². The van der Waals surface area contributed by atoms with E-state index in [1.165, 1.54) is 6.20 Å². The van der Waals surface area contributed by atoms with Gasteiger partial charge in [0.15, 0.2) is 0 Å². The van der Waals surface area contributed by atoms with Gasteiger partial charge in [-0.25, -0.2) is 4.98 Å². The van der Waals surface area contributed by atoms with E-state index in [4.69, 9.17) is 9.47 Å². The van der Waals surface area contributed by atoms with Crippen molar-refractivity contribution in [3.63, 3.8) is 0 Å². The molecule has 1 aliphatic heterocycles. The Morgan fingerprint density at radius 3 is 2.57 bits per heavy atom. The molecule has 1 fully saturated rings. The number of amides is 1. The maximum absolute atomic E-state index is 12.3. The molecule has 0 unspecified atom stereocenters. The molecular weight excluding hydrogens is 270 g/mol. The third-order valence-corrected chi connectivity index (χ3v) is 3.16. The first-order chi connectivity index (χ1) is 10.3. The maximum Gasteiger partial charge on any atom is 0.254 e. The van der Waals surface area contributed by atoms with Crippen LogP contribution >= 0.6 is 0 Å². The topological polar surface area (TPSA) is 64.5 Å². The van der Waals surface area contributed by atoms with E-state index in [0.29, 0.717) is 43.5 Å². The highest BCUT2D eigenvalue weighted by molar-refractivity contribution is 5.94. The van der Waals surface area contributed by atoms with Gasteiger partial charge in [-0.3, -0.25) is 9.78 Å². The second-order valence-electron chi connectivity index (χ2n) is 4.57. The van der Waals surface area contributed by atoms with Gasteiger partial charge in [-0.15, -0.1) is 0 Å². The summed E-state index contributed by atoms with van der Waals surface area (Å²) in [6.07, 6.45) is 4.68. The molecule has 1 amide bonds. The van der Waals surface area contributed by atoms with Crippen molar-refractivity contribution in [3.05, 3.63) is 48.4 Å². The van der Waals surface area contributed by atoms with Crippen molar-refractivity contribution in [2.24, 2.45) is 0 Å². The van der Waals surface area contributed by atoms with Gasteiger partial charge in [-0.05, 0) is 24.3 Å². The molecule has 1 aliphatic rings. The quantitative estimate of drug-likeness (QED) is 0.859. The van der Waals surface area contributed by atoms with Crippen LogP contribution in [-0.2, 0) is 4.74 Å². The third kappa shape index (κ3) is 3.35. The number of rotatable bonds is 3. The van der Waals surface area contributed by atoms with Gasteiger partial charge in [0, 0.05) is 31.0 Å². The first-order valence-corrected chi connectivity index (χ1v) is 6.74. The molecule has 2 aromatic rings. The molecule has 3 rings (SSSR count). The molecule has 0 spiro atoms. The molecule has 108 valence electrons. The summed E-state index contributed by atoms with van der Waals surface area (Å²) < 4.78 is 10.8. The summed E-state index contributed by atoms with van der Waals surface area (Å²) in [6.45, 7) is 2.46. The fourth-order valence-corrected chi connectivity index (χ4v) is 2.07. The molecule has 6 nitrogen and oxygen atoms in total. The standard InChI is InChI=1S/C15H15N3O3/c19-15(18-7-9-20-10-8-18)12-1-3-13(4-2-12)21-14-11-16-5-6-17-14/h1-6,11H,7-10H2. The lowest BCUT2D eigenvalue weighted by Gasteiger charge is -2.26. The van der Waals surface area contributed by atoms with Crippen LogP contribution in [0.15, 0.2) is 42.9 Å². The average Bonchev–Trinajstić information content (AvgIpc) is 2.57. The number of nitrogens with zero attached hydrogens (tertiary/aromatic N) is 3. The van der Waals surface area contributed by atoms with Crippen LogP contribution in [0.4, 0.5) is 0 Å². The highest BCUT2D eigenvalue weighted by atomic mass is 16.5. The van der Waals surface area contributed by atoms with Gasteiger partial charge in [0.25, 0.3) is 5.91 Å². The summed E-state index contributed by atoms with van der Waals surface area (Å²) in [7, 11) is 0. The van der Waals surface area contributed by atoms with Crippen molar-refractivity contribution in [1.82, 2.24) is 14.9 Å². The van der Waals surface area contributed by atoms with Crippen LogP contribution in [0, 0.1) is 0 Å². The van der Waals surface area contributed by atoms with Gasteiger partial charge in [0.1, 0.15) is 5.75 Å². The Hall–Kier alpha value is -2.47. The Bertz CT molecular complexity index is 595. The minimum absolute atomic E-state index is 0.0179. The summed E-state index contributed by atoms with van der Waals surface area (Å²) in [5, 5.41) is 0. The number of benzene rings is 1. The highest BCUT2D eigenvalue weighted by Crippen LogP contribution is 2.19. The molecule has 1 saturated heterocycles. The molecule has 6 heteroatoms. The summed E-state index contributed by atoms with van der Waals surface area (Å²) in [5.41, 5.74) is 0.642. The Labute approximate surface area is 122 Å². The predicted molar refractivity (Wildman–Crippen MR) is 75.3 cm³/mol. The van der Waals surface area contributed by atoms with E-state index in [1.54, 1.807) is 41.6 Å². The summed E-state index contributed by atoms with van der Waals surface area (Å²) >= 11 is 0. The third-order valence-electron chi connectivity index (χ3n) is 3.16. The number of carbonyl (C=O) groups excluding carboxylic acids is 1. The van der Waals surface area contributed by atoms with Crippen molar-refractivity contribution < 1.29 is 14.3 Å². The molecule has 0 bridgehead atoms. The SMILES string of the molecule is O=C(c1ccc(Oc2cnccn2)cc1)N1CCOCC1. The van der Waals surface area contributed by atoms with E-state index in [0.717, 1.165) is 0 Å². The van der Waals surface area contributed by atoms with Crippen LogP contribution in [-0.4, -0.2) is 47.1 Å². The average molecular weight is 285 g/mol. The monoisotopic (exact) mass is 285 g/mol. The van der Waals surface area contributed by atoms with Crippen LogP contribution in [0.3, 0.4) is 0 Å². The Morgan fingerprint density at radius 2 is 1.90 bits per heavy atom. The second kappa shape index (κ2) is 6.32. The van der Waals surface area contributed by atoms with E-state index < -0.39 is 0 Å². The van der Waals surface area contributed by atoms with E-state index in [2.05, 4.69) is 9.97 Å².